The van der Waals surface area contributed by atoms with Crippen LogP contribution in [-0.4, -0.2) is 40.8 Å². The fourth-order valence-corrected chi connectivity index (χ4v) is 3.85. The molecule has 2 aromatic rings. The van der Waals surface area contributed by atoms with Crippen molar-refractivity contribution in [2.24, 2.45) is 0 Å². The molecule has 0 saturated carbocycles. The molecule has 2 amide bonds. The lowest BCUT2D eigenvalue weighted by molar-refractivity contribution is -0.131. The Hall–Kier alpha value is -3.13. The summed E-state index contributed by atoms with van der Waals surface area (Å²) in [7, 11) is 0. The lowest BCUT2D eigenvalue weighted by Crippen LogP contribution is -2.50. The van der Waals surface area contributed by atoms with E-state index in [4.69, 9.17) is 9.84 Å². The van der Waals surface area contributed by atoms with Gasteiger partial charge in [0, 0.05) is 17.0 Å². The summed E-state index contributed by atoms with van der Waals surface area (Å²) in [4.78, 5) is 37.6. The number of thiophene rings is 1. The number of hydrogen-bond acceptors (Lipinski definition) is 5. The zero-order valence-electron chi connectivity index (χ0n) is 19.2. The first kappa shape index (κ1) is 26.1. The predicted molar refractivity (Wildman–Crippen MR) is 129 cm³/mol. The molecule has 33 heavy (non-hydrogen) atoms. The fourth-order valence-electron chi connectivity index (χ4n) is 3.13. The van der Waals surface area contributed by atoms with Crippen molar-refractivity contribution in [2.75, 3.05) is 0 Å². The fraction of sp³-hybridized carbons (Fsp3) is 0.400. The van der Waals surface area contributed by atoms with Crippen molar-refractivity contribution in [3.05, 3.63) is 70.4 Å². The van der Waals surface area contributed by atoms with Crippen LogP contribution in [0.2, 0.25) is 0 Å². The zero-order chi connectivity index (χ0) is 24.3. The number of benzene rings is 1. The standard InChI is InChI=1S/C25H32N2O5S/c1-25(2,3)32-24(31)27-21(15-14-20-10-7-17-33-20)23(30)26-19(13-16-22(28)29)12-11-18-8-5-4-6-9-18/h4-10,13,16-17,19,21H,11-12,14-15H2,1-3H3,(H,26,30)(H,27,31)(H,28,29)/b16-13+/t19-,21-/m0/s1. The van der Waals surface area contributed by atoms with Crippen LogP contribution in [0.15, 0.2) is 60.0 Å². The normalized spacial score (nSPS) is 13.3. The summed E-state index contributed by atoms with van der Waals surface area (Å²) in [5.74, 6) is -1.47. The number of carbonyl (C=O) groups is 3. The maximum Gasteiger partial charge on any atom is 0.408 e. The molecule has 2 rings (SSSR count). The molecule has 2 atom stereocenters. The quantitative estimate of drug-likeness (QED) is 0.422. The molecule has 0 unspecified atom stereocenters. The Bertz CT molecular complexity index is 920. The highest BCUT2D eigenvalue weighted by Gasteiger charge is 2.25. The molecule has 0 spiro atoms. The Morgan fingerprint density at radius 2 is 1.76 bits per heavy atom. The van der Waals surface area contributed by atoms with Crippen LogP contribution < -0.4 is 10.6 Å². The van der Waals surface area contributed by atoms with Crippen LogP contribution in [0.3, 0.4) is 0 Å². The number of nitrogens with one attached hydrogen (secondary N) is 2. The van der Waals surface area contributed by atoms with Gasteiger partial charge in [-0.1, -0.05) is 42.5 Å². The molecular formula is C25H32N2O5S. The summed E-state index contributed by atoms with van der Waals surface area (Å²) in [6.07, 6.45) is 4.00. The lowest BCUT2D eigenvalue weighted by atomic mass is 10.0. The number of amides is 2. The van der Waals surface area contributed by atoms with Crippen LogP contribution in [0.1, 0.15) is 44.1 Å². The largest absolute Gasteiger partial charge is 0.478 e. The maximum absolute atomic E-state index is 13.1. The first-order valence-corrected chi connectivity index (χ1v) is 11.8. The monoisotopic (exact) mass is 472 g/mol. The van der Waals surface area contributed by atoms with Gasteiger partial charge in [0.25, 0.3) is 0 Å². The van der Waals surface area contributed by atoms with E-state index < -0.39 is 29.7 Å². The molecular weight excluding hydrogens is 440 g/mol. The maximum atomic E-state index is 13.1. The minimum Gasteiger partial charge on any atom is -0.478 e. The number of rotatable bonds is 11. The lowest BCUT2D eigenvalue weighted by Gasteiger charge is -2.24. The number of hydrogen-bond donors (Lipinski definition) is 3. The van der Waals surface area contributed by atoms with Gasteiger partial charge in [-0.05, 0) is 63.5 Å². The Kier molecular flexibility index (Phi) is 10.1. The van der Waals surface area contributed by atoms with Crippen molar-refractivity contribution in [1.82, 2.24) is 10.6 Å². The zero-order valence-corrected chi connectivity index (χ0v) is 20.1. The van der Waals surface area contributed by atoms with Crippen molar-refractivity contribution in [2.45, 2.75) is 64.1 Å². The number of aryl methyl sites for hydroxylation is 2. The van der Waals surface area contributed by atoms with Gasteiger partial charge in [-0.3, -0.25) is 4.79 Å². The first-order chi connectivity index (χ1) is 15.6. The second kappa shape index (κ2) is 12.8. The van der Waals surface area contributed by atoms with Crippen LogP contribution in [0.25, 0.3) is 0 Å². The summed E-state index contributed by atoms with van der Waals surface area (Å²) in [6.45, 7) is 5.26. The smallest absolute Gasteiger partial charge is 0.408 e. The van der Waals surface area contributed by atoms with Crippen molar-refractivity contribution >= 4 is 29.3 Å². The molecule has 8 heteroatoms. The highest BCUT2D eigenvalue weighted by Crippen LogP contribution is 2.14. The molecule has 0 aliphatic carbocycles. The average Bonchev–Trinajstić information content (AvgIpc) is 3.26. The molecule has 0 aliphatic rings. The molecule has 178 valence electrons. The molecule has 0 aliphatic heterocycles. The van der Waals surface area contributed by atoms with E-state index in [-0.39, 0.29) is 5.91 Å². The molecule has 7 nitrogen and oxygen atoms in total. The number of aliphatic carboxylic acids is 1. The third-order valence-electron chi connectivity index (χ3n) is 4.65. The van der Waals surface area contributed by atoms with E-state index in [0.29, 0.717) is 25.7 Å². The Morgan fingerprint density at radius 1 is 1.03 bits per heavy atom. The van der Waals surface area contributed by atoms with Gasteiger partial charge in [0.1, 0.15) is 11.6 Å². The SMILES string of the molecule is CC(C)(C)OC(=O)N[C@@H](CCc1cccs1)C(=O)N[C@H](/C=C/C(=O)O)CCc1ccccc1. The van der Waals surface area contributed by atoms with Gasteiger partial charge in [0.05, 0.1) is 0 Å². The van der Waals surface area contributed by atoms with E-state index in [1.165, 1.54) is 6.08 Å². The number of carboxylic acid groups (broad SMARTS) is 1. The van der Waals surface area contributed by atoms with Gasteiger partial charge in [0.15, 0.2) is 0 Å². The average molecular weight is 473 g/mol. The number of ether oxygens (including phenoxy) is 1. The van der Waals surface area contributed by atoms with Crippen LogP contribution in [0.5, 0.6) is 0 Å². The number of alkyl carbamates (subject to hydrolysis) is 1. The molecule has 0 radical (unpaired) electrons. The van der Waals surface area contributed by atoms with Gasteiger partial charge in [-0.15, -0.1) is 11.3 Å². The van der Waals surface area contributed by atoms with Gasteiger partial charge < -0.3 is 20.5 Å². The van der Waals surface area contributed by atoms with Crippen LogP contribution in [-0.2, 0) is 27.2 Å². The molecule has 0 fully saturated rings. The second-order valence-electron chi connectivity index (χ2n) is 8.65. The van der Waals surface area contributed by atoms with E-state index in [1.807, 2.05) is 47.8 Å². The topological polar surface area (TPSA) is 105 Å². The minimum absolute atomic E-state index is 0.384. The van der Waals surface area contributed by atoms with Crippen molar-refractivity contribution in [1.29, 1.82) is 0 Å². The van der Waals surface area contributed by atoms with Crippen LogP contribution >= 0.6 is 11.3 Å². The van der Waals surface area contributed by atoms with Crippen LogP contribution in [0, 0.1) is 0 Å². The Morgan fingerprint density at radius 3 is 2.36 bits per heavy atom. The summed E-state index contributed by atoms with van der Waals surface area (Å²) in [6, 6.07) is 12.3. The summed E-state index contributed by atoms with van der Waals surface area (Å²) in [5, 5.41) is 16.6. The van der Waals surface area contributed by atoms with Crippen LogP contribution in [0.4, 0.5) is 4.79 Å². The molecule has 1 heterocycles. The van der Waals surface area contributed by atoms with Gasteiger partial charge >= 0.3 is 12.1 Å². The van der Waals surface area contributed by atoms with E-state index >= 15 is 0 Å². The van der Waals surface area contributed by atoms with Crippen molar-refractivity contribution < 1.29 is 24.2 Å². The second-order valence-corrected chi connectivity index (χ2v) is 9.69. The predicted octanol–water partition coefficient (Wildman–Crippen LogP) is 4.33. The molecule has 3 N–H and O–H groups in total. The van der Waals surface area contributed by atoms with Gasteiger partial charge in [-0.2, -0.15) is 0 Å². The van der Waals surface area contributed by atoms with Gasteiger partial charge in [0.2, 0.25) is 5.91 Å². The van der Waals surface area contributed by atoms with E-state index in [9.17, 15) is 14.4 Å². The van der Waals surface area contributed by atoms with Crippen molar-refractivity contribution in [3.63, 3.8) is 0 Å². The van der Waals surface area contributed by atoms with Crippen molar-refractivity contribution in [3.8, 4) is 0 Å². The molecule has 1 aromatic carbocycles. The highest BCUT2D eigenvalue weighted by molar-refractivity contribution is 7.09. The van der Waals surface area contributed by atoms with E-state index in [2.05, 4.69) is 10.6 Å². The Balaban J connectivity index is 2.09. The third kappa shape index (κ3) is 10.8. The summed E-state index contributed by atoms with van der Waals surface area (Å²) < 4.78 is 5.33. The summed E-state index contributed by atoms with van der Waals surface area (Å²) in [5.41, 5.74) is 0.392. The first-order valence-electron chi connectivity index (χ1n) is 10.9. The summed E-state index contributed by atoms with van der Waals surface area (Å²) >= 11 is 1.58. The highest BCUT2D eigenvalue weighted by atomic mass is 32.1. The third-order valence-corrected chi connectivity index (χ3v) is 5.59. The van der Waals surface area contributed by atoms with E-state index in [1.54, 1.807) is 32.1 Å². The number of carbonyl (C=O) groups excluding carboxylic acids is 2. The molecule has 0 bridgehead atoms. The molecule has 0 saturated heterocycles. The van der Waals surface area contributed by atoms with E-state index in [0.717, 1.165) is 16.5 Å². The minimum atomic E-state index is -1.09. The Labute approximate surface area is 198 Å². The van der Waals surface area contributed by atoms with Gasteiger partial charge in [-0.25, -0.2) is 9.59 Å². The molecule has 1 aromatic heterocycles. The number of carboxylic acids is 1.